The third-order valence-corrected chi connectivity index (χ3v) is 9.99. The van der Waals surface area contributed by atoms with Crippen LogP contribution in [-0.2, 0) is 19.3 Å². The van der Waals surface area contributed by atoms with Gasteiger partial charge in [-0.25, -0.2) is 4.99 Å². The molecule has 1 nitrogen and oxygen atoms in total. The van der Waals surface area contributed by atoms with Gasteiger partial charge in [0, 0.05) is 5.56 Å². The Hall–Kier alpha value is -5.27. The number of rotatable bonds is 8. The van der Waals surface area contributed by atoms with Gasteiger partial charge in [-0.3, -0.25) is 0 Å². The quantitative estimate of drug-likeness (QED) is 0.150. The monoisotopic (exact) mass is 635 g/mol. The standard InChI is InChI=1S/C48H45N/c1-5-13-38-15-9-10-17-40(38)30-36-21-23-37(24-22-36)35(4)49-48(43-26-25-39-14-7-6-8-16-41(39)31-43)29-34(3)46-32-42-18-11-12-19-44(42)47-28-33(2)20-27-45(46)47/h5,7,9-15,17-27,29,31-33H,4,6,8,16,28,30H2,1-3H3/b13-5-,34-29+,49-48?. The molecule has 0 saturated heterocycles. The normalized spacial score (nSPS) is 16.1. The van der Waals surface area contributed by atoms with Crippen LogP contribution in [0.25, 0.3) is 40.3 Å². The third kappa shape index (κ3) is 7.13. The SMILES string of the molecule is C=C(N=C(/C=C(\C)c1cc2ccccc2c2c1C=CC(C)C2)c1ccc2c(c1)CCCC=C2)c1ccc(Cc2ccccc2/C=C\C)cc1. The van der Waals surface area contributed by atoms with Gasteiger partial charge in [-0.05, 0) is 136 Å². The zero-order valence-electron chi connectivity index (χ0n) is 29.0. The van der Waals surface area contributed by atoms with Crippen LogP contribution in [-0.4, -0.2) is 5.71 Å². The first-order valence-corrected chi connectivity index (χ1v) is 17.8. The number of benzene rings is 5. The number of fused-ring (bicyclic) bond motifs is 4. The van der Waals surface area contributed by atoms with E-state index in [4.69, 9.17) is 4.99 Å². The van der Waals surface area contributed by atoms with Gasteiger partial charge >= 0.3 is 0 Å². The largest absolute Gasteiger partial charge is 0.248 e. The van der Waals surface area contributed by atoms with Crippen LogP contribution in [0.5, 0.6) is 0 Å². The molecule has 0 fully saturated rings. The Morgan fingerprint density at radius 1 is 0.898 bits per heavy atom. The Morgan fingerprint density at radius 2 is 1.69 bits per heavy atom. The van der Waals surface area contributed by atoms with Crippen LogP contribution in [0.15, 0.2) is 133 Å². The van der Waals surface area contributed by atoms with Crippen LogP contribution in [0.3, 0.4) is 0 Å². The first kappa shape index (κ1) is 32.3. The topological polar surface area (TPSA) is 12.4 Å². The van der Waals surface area contributed by atoms with Gasteiger partial charge in [-0.15, -0.1) is 0 Å². The van der Waals surface area contributed by atoms with E-state index in [9.17, 15) is 0 Å². The van der Waals surface area contributed by atoms with Crippen molar-refractivity contribution in [3.05, 3.63) is 184 Å². The molecule has 1 atom stereocenters. The van der Waals surface area contributed by atoms with E-state index >= 15 is 0 Å². The van der Waals surface area contributed by atoms with Crippen LogP contribution < -0.4 is 0 Å². The molecule has 242 valence electrons. The van der Waals surface area contributed by atoms with E-state index in [1.54, 1.807) is 0 Å². The van der Waals surface area contributed by atoms with Crippen molar-refractivity contribution in [2.45, 2.75) is 52.9 Å². The average Bonchev–Trinajstić information content (AvgIpc) is 3.37. The number of allylic oxidation sites excluding steroid dienone is 5. The van der Waals surface area contributed by atoms with Crippen LogP contribution in [0, 0.1) is 5.92 Å². The molecule has 0 aromatic heterocycles. The molecule has 0 aliphatic heterocycles. The lowest BCUT2D eigenvalue weighted by Gasteiger charge is -2.22. The van der Waals surface area contributed by atoms with E-state index in [2.05, 4.69) is 167 Å². The summed E-state index contributed by atoms with van der Waals surface area (Å²) in [5.41, 5.74) is 15.7. The highest BCUT2D eigenvalue weighted by Gasteiger charge is 2.19. The summed E-state index contributed by atoms with van der Waals surface area (Å²) in [6, 6.07) is 35.4. The van der Waals surface area contributed by atoms with E-state index < -0.39 is 0 Å². The summed E-state index contributed by atoms with van der Waals surface area (Å²) in [6.45, 7) is 11.1. The molecule has 0 N–H and O–H groups in total. The molecule has 1 heteroatoms. The lowest BCUT2D eigenvalue weighted by Crippen LogP contribution is -2.07. The highest BCUT2D eigenvalue weighted by atomic mass is 14.8. The van der Waals surface area contributed by atoms with Gasteiger partial charge in [-0.2, -0.15) is 0 Å². The van der Waals surface area contributed by atoms with E-state index in [0.717, 1.165) is 48.2 Å². The smallest absolute Gasteiger partial charge is 0.0712 e. The van der Waals surface area contributed by atoms with Gasteiger partial charge in [-0.1, -0.05) is 135 Å². The number of hydrogen-bond acceptors (Lipinski definition) is 1. The Labute approximate surface area is 292 Å². The molecule has 0 amide bonds. The van der Waals surface area contributed by atoms with Crippen LogP contribution in [0.1, 0.15) is 89.2 Å². The molecule has 0 heterocycles. The molecule has 7 rings (SSSR count). The first-order valence-electron chi connectivity index (χ1n) is 17.8. The molecular weight excluding hydrogens is 591 g/mol. The van der Waals surface area contributed by atoms with Crippen molar-refractivity contribution in [2.24, 2.45) is 10.9 Å². The van der Waals surface area contributed by atoms with Crippen LogP contribution in [0.4, 0.5) is 0 Å². The maximum atomic E-state index is 5.29. The van der Waals surface area contributed by atoms with Crippen molar-refractivity contribution in [2.75, 3.05) is 0 Å². The first-order chi connectivity index (χ1) is 24.0. The van der Waals surface area contributed by atoms with E-state index in [1.807, 2.05) is 0 Å². The number of aliphatic imine (C=N–C) groups is 1. The van der Waals surface area contributed by atoms with Crippen molar-refractivity contribution < 1.29 is 0 Å². The van der Waals surface area contributed by atoms with E-state index in [-0.39, 0.29) is 0 Å². The van der Waals surface area contributed by atoms with Gasteiger partial charge in [0.2, 0.25) is 0 Å². The highest BCUT2D eigenvalue weighted by molar-refractivity contribution is 6.14. The Balaban J connectivity index is 1.28. The minimum Gasteiger partial charge on any atom is -0.248 e. The van der Waals surface area contributed by atoms with Gasteiger partial charge in [0.1, 0.15) is 0 Å². The maximum Gasteiger partial charge on any atom is 0.0712 e. The van der Waals surface area contributed by atoms with E-state index in [1.165, 1.54) is 67.3 Å². The lowest BCUT2D eigenvalue weighted by molar-refractivity contribution is 0.721. The van der Waals surface area contributed by atoms with E-state index in [0.29, 0.717) is 5.92 Å². The van der Waals surface area contributed by atoms with Crippen LogP contribution >= 0.6 is 0 Å². The third-order valence-electron chi connectivity index (χ3n) is 9.99. The Kier molecular flexibility index (Phi) is 9.53. The molecule has 2 aliphatic rings. The molecule has 0 spiro atoms. The zero-order chi connectivity index (χ0) is 33.7. The maximum absolute atomic E-state index is 5.29. The summed E-state index contributed by atoms with van der Waals surface area (Å²) in [4.78, 5) is 5.29. The summed E-state index contributed by atoms with van der Waals surface area (Å²) in [5.74, 6) is 0.527. The van der Waals surface area contributed by atoms with Gasteiger partial charge < -0.3 is 0 Å². The molecule has 49 heavy (non-hydrogen) atoms. The second-order valence-corrected chi connectivity index (χ2v) is 13.6. The molecule has 5 aromatic rings. The van der Waals surface area contributed by atoms with Crippen molar-refractivity contribution in [3.63, 3.8) is 0 Å². The summed E-state index contributed by atoms with van der Waals surface area (Å²) < 4.78 is 0. The Bertz CT molecular complexity index is 2180. The molecule has 0 bridgehead atoms. The highest BCUT2D eigenvalue weighted by Crippen LogP contribution is 2.36. The molecule has 0 radical (unpaired) electrons. The summed E-state index contributed by atoms with van der Waals surface area (Å²) in [6.07, 6.45) is 21.1. The van der Waals surface area contributed by atoms with Gasteiger partial charge in [0.15, 0.2) is 0 Å². The van der Waals surface area contributed by atoms with Crippen molar-refractivity contribution in [1.82, 2.24) is 0 Å². The van der Waals surface area contributed by atoms with Crippen molar-refractivity contribution in [3.8, 4) is 0 Å². The van der Waals surface area contributed by atoms with Gasteiger partial charge in [0.25, 0.3) is 0 Å². The molecule has 1 unspecified atom stereocenters. The van der Waals surface area contributed by atoms with Crippen LogP contribution in [0.2, 0.25) is 0 Å². The molecule has 5 aromatic carbocycles. The zero-order valence-corrected chi connectivity index (χ0v) is 29.0. The van der Waals surface area contributed by atoms with Crippen molar-refractivity contribution in [1.29, 1.82) is 0 Å². The minimum absolute atomic E-state index is 0.527. The molecule has 2 aliphatic carbocycles. The Morgan fingerprint density at radius 3 is 2.55 bits per heavy atom. The lowest BCUT2D eigenvalue weighted by atomic mass is 9.82. The number of nitrogens with zero attached hydrogens (tertiary/aromatic N) is 1. The summed E-state index contributed by atoms with van der Waals surface area (Å²) in [7, 11) is 0. The second kappa shape index (κ2) is 14.5. The molecule has 0 saturated carbocycles. The predicted molar refractivity (Wildman–Crippen MR) is 214 cm³/mol. The predicted octanol–water partition coefficient (Wildman–Crippen LogP) is 12.6. The number of hydrogen-bond donors (Lipinski definition) is 0. The minimum atomic E-state index is 0.527. The fourth-order valence-electron chi connectivity index (χ4n) is 7.34. The molecular formula is C48H45N. The second-order valence-electron chi connectivity index (χ2n) is 13.6. The number of aryl methyl sites for hydroxylation is 1. The fraction of sp³-hybridized carbons (Fsp3) is 0.188. The van der Waals surface area contributed by atoms with Gasteiger partial charge in [0.05, 0.1) is 11.4 Å². The summed E-state index contributed by atoms with van der Waals surface area (Å²) >= 11 is 0. The average molecular weight is 636 g/mol. The summed E-state index contributed by atoms with van der Waals surface area (Å²) in [5, 5.41) is 2.65. The van der Waals surface area contributed by atoms with Crippen molar-refractivity contribution >= 4 is 46.0 Å². The fourth-order valence-corrected chi connectivity index (χ4v) is 7.34.